The van der Waals surface area contributed by atoms with Gasteiger partial charge in [-0.1, -0.05) is 29.3 Å². The van der Waals surface area contributed by atoms with E-state index in [1.54, 1.807) is 24.3 Å². The van der Waals surface area contributed by atoms with Gasteiger partial charge in [-0.15, -0.1) is 0 Å². The second kappa shape index (κ2) is 8.60. The number of nitrogens with one attached hydrogen (secondary N) is 2. The van der Waals surface area contributed by atoms with E-state index >= 15 is 0 Å². The molecular formula is C17H16Cl2N2O4. The minimum atomic E-state index is -0.829. The van der Waals surface area contributed by atoms with Gasteiger partial charge in [-0.05, 0) is 35.9 Å². The van der Waals surface area contributed by atoms with Crippen LogP contribution in [0.4, 0.5) is 5.69 Å². The van der Waals surface area contributed by atoms with Crippen molar-refractivity contribution < 1.29 is 19.1 Å². The third-order valence-corrected chi connectivity index (χ3v) is 3.83. The Morgan fingerprint density at radius 1 is 0.960 bits per heavy atom. The Bertz CT molecular complexity index is 796. The zero-order chi connectivity index (χ0) is 18.4. The number of amides is 2. The van der Waals surface area contributed by atoms with E-state index in [9.17, 15) is 9.59 Å². The first-order valence-corrected chi connectivity index (χ1v) is 7.95. The Morgan fingerprint density at radius 3 is 2.32 bits per heavy atom. The maximum absolute atomic E-state index is 11.9. The third-order valence-electron chi connectivity index (χ3n) is 3.29. The highest BCUT2D eigenvalue weighted by Gasteiger charge is 2.15. The highest BCUT2D eigenvalue weighted by Crippen LogP contribution is 2.27. The molecule has 0 fully saturated rings. The van der Waals surface area contributed by atoms with Gasteiger partial charge in [0.2, 0.25) is 0 Å². The molecule has 0 heterocycles. The van der Waals surface area contributed by atoms with Gasteiger partial charge in [0.25, 0.3) is 0 Å². The van der Waals surface area contributed by atoms with Crippen LogP contribution < -0.4 is 20.1 Å². The van der Waals surface area contributed by atoms with Crippen molar-refractivity contribution in [1.29, 1.82) is 0 Å². The van der Waals surface area contributed by atoms with Crippen LogP contribution in [0.25, 0.3) is 0 Å². The molecular weight excluding hydrogens is 367 g/mol. The molecule has 0 aliphatic heterocycles. The lowest BCUT2D eigenvalue weighted by molar-refractivity contribution is -0.136. The lowest BCUT2D eigenvalue weighted by atomic mass is 10.2. The van der Waals surface area contributed by atoms with E-state index in [1.165, 1.54) is 26.4 Å². The summed E-state index contributed by atoms with van der Waals surface area (Å²) in [5, 5.41) is 5.63. The Hall–Kier alpha value is -2.44. The predicted molar refractivity (Wildman–Crippen MR) is 96.5 cm³/mol. The topological polar surface area (TPSA) is 76.7 Å². The van der Waals surface area contributed by atoms with Crippen LogP contribution in [0.5, 0.6) is 11.5 Å². The highest BCUT2D eigenvalue weighted by atomic mass is 35.5. The molecule has 0 bridgehead atoms. The number of rotatable bonds is 5. The Kier molecular flexibility index (Phi) is 6.50. The standard InChI is InChI=1S/C17H16Cl2N2O4/c1-24-14-6-3-10(7-15(14)25-2)9-20-16(22)17(23)21-13-5-4-11(18)8-12(13)19/h3-8H,9H2,1-2H3,(H,20,22)(H,21,23). The van der Waals surface area contributed by atoms with Gasteiger partial charge < -0.3 is 20.1 Å². The summed E-state index contributed by atoms with van der Waals surface area (Å²) in [5.74, 6) is -0.509. The number of halogens is 2. The van der Waals surface area contributed by atoms with Gasteiger partial charge in [-0.3, -0.25) is 9.59 Å². The number of ether oxygens (including phenoxy) is 2. The largest absolute Gasteiger partial charge is 0.493 e. The van der Waals surface area contributed by atoms with Crippen molar-refractivity contribution in [1.82, 2.24) is 5.32 Å². The zero-order valence-electron chi connectivity index (χ0n) is 13.6. The maximum atomic E-state index is 11.9. The van der Waals surface area contributed by atoms with Crippen molar-refractivity contribution >= 4 is 40.7 Å². The Balaban J connectivity index is 1.96. The molecule has 0 unspecified atom stereocenters. The summed E-state index contributed by atoms with van der Waals surface area (Å²) in [5.41, 5.74) is 1.06. The summed E-state index contributed by atoms with van der Waals surface area (Å²) in [6.45, 7) is 0.154. The zero-order valence-corrected chi connectivity index (χ0v) is 15.1. The molecule has 8 heteroatoms. The minimum absolute atomic E-state index is 0.154. The van der Waals surface area contributed by atoms with Crippen LogP contribution in [0.2, 0.25) is 10.0 Å². The first-order valence-electron chi connectivity index (χ1n) is 7.19. The molecule has 2 amide bonds. The van der Waals surface area contributed by atoms with Crippen LogP contribution in [0.15, 0.2) is 36.4 Å². The van der Waals surface area contributed by atoms with E-state index in [4.69, 9.17) is 32.7 Å². The minimum Gasteiger partial charge on any atom is -0.493 e. The molecule has 2 aromatic rings. The SMILES string of the molecule is COc1ccc(CNC(=O)C(=O)Nc2ccc(Cl)cc2Cl)cc1OC. The number of carbonyl (C=O) groups excluding carboxylic acids is 2. The van der Waals surface area contributed by atoms with Gasteiger partial charge in [0, 0.05) is 11.6 Å². The maximum Gasteiger partial charge on any atom is 0.313 e. The van der Waals surface area contributed by atoms with Crippen molar-refractivity contribution in [3.05, 3.63) is 52.0 Å². The van der Waals surface area contributed by atoms with Crippen molar-refractivity contribution in [2.45, 2.75) is 6.54 Å². The molecule has 0 aliphatic carbocycles. The van der Waals surface area contributed by atoms with Crippen molar-refractivity contribution in [2.75, 3.05) is 19.5 Å². The van der Waals surface area contributed by atoms with Crippen molar-refractivity contribution in [3.8, 4) is 11.5 Å². The summed E-state index contributed by atoms with van der Waals surface area (Å²) in [6.07, 6.45) is 0. The normalized spacial score (nSPS) is 10.1. The van der Waals surface area contributed by atoms with E-state index in [0.717, 1.165) is 5.56 Å². The lowest BCUT2D eigenvalue weighted by Gasteiger charge is -2.11. The van der Waals surface area contributed by atoms with Gasteiger partial charge >= 0.3 is 11.8 Å². The number of carbonyl (C=O) groups is 2. The third kappa shape index (κ3) is 5.01. The molecule has 2 rings (SSSR count). The number of benzene rings is 2. The molecule has 6 nitrogen and oxygen atoms in total. The molecule has 0 spiro atoms. The molecule has 0 aliphatic rings. The highest BCUT2D eigenvalue weighted by molar-refractivity contribution is 6.42. The lowest BCUT2D eigenvalue weighted by Crippen LogP contribution is -2.35. The van der Waals surface area contributed by atoms with Gasteiger partial charge in [-0.25, -0.2) is 0 Å². The number of methoxy groups -OCH3 is 2. The molecule has 0 atom stereocenters. The fraction of sp³-hybridized carbons (Fsp3) is 0.176. The number of anilines is 1. The molecule has 0 saturated heterocycles. The quantitative estimate of drug-likeness (QED) is 0.778. The summed E-state index contributed by atoms with van der Waals surface area (Å²) in [7, 11) is 3.05. The second-order valence-electron chi connectivity index (χ2n) is 4.95. The van der Waals surface area contributed by atoms with Gasteiger partial charge in [0.15, 0.2) is 11.5 Å². The average Bonchev–Trinajstić information content (AvgIpc) is 2.61. The van der Waals surface area contributed by atoms with Crippen LogP contribution >= 0.6 is 23.2 Å². The molecule has 132 valence electrons. The molecule has 2 N–H and O–H groups in total. The molecule has 2 aromatic carbocycles. The predicted octanol–water partition coefficient (Wildman–Crippen LogP) is 3.27. The smallest absolute Gasteiger partial charge is 0.313 e. The van der Waals surface area contributed by atoms with Crippen LogP contribution in [0, 0.1) is 0 Å². The van der Waals surface area contributed by atoms with Gasteiger partial charge in [0.1, 0.15) is 0 Å². The first-order chi connectivity index (χ1) is 11.9. The van der Waals surface area contributed by atoms with Crippen molar-refractivity contribution in [3.63, 3.8) is 0 Å². The number of hydrogen-bond acceptors (Lipinski definition) is 4. The molecule has 25 heavy (non-hydrogen) atoms. The van der Waals surface area contributed by atoms with Gasteiger partial charge in [0.05, 0.1) is 24.9 Å². The van der Waals surface area contributed by atoms with Crippen LogP contribution in [-0.4, -0.2) is 26.0 Å². The Morgan fingerprint density at radius 2 is 1.68 bits per heavy atom. The van der Waals surface area contributed by atoms with E-state index in [2.05, 4.69) is 10.6 Å². The molecule has 0 radical (unpaired) electrons. The Labute approximate surface area is 155 Å². The second-order valence-corrected chi connectivity index (χ2v) is 5.79. The number of hydrogen-bond donors (Lipinski definition) is 2. The monoisotopic (exact) mass is 382 g/mol. The van der Waals surface area contributed by atoms with E-state index in [-0.39, 0.29) is 11.6 Å². The van der Waals surface area contributed by atoms with Crippen molar-refractivity contribution in [2.24, 2.45) is 0 Å². The molecule has 0 saturated carbocycles. The van der Waals surface area contributed by atoms with E-state index in [1.807, 2.05) is 0 Å². The summed E-state index contributed by atoms with van der Waals surface area (Å²) < 4.78 is 10.3. The fourth-order valence-corrected chi connectivity index (χ4v) is 2.48. The fourth-order valence-electron chi connectivity index (χ4n) is 2.02. The van der Waals surface area contributed by atoms with E-state index in [0.29, 0.717) is 22.2 Å². The van der Waals surface area contributed by atoms with E-state index < -0.39 is 11.8 Å². The first kappa shape index (κ1) is 18.9. The van der Waals surface area contributed by atoms with Gasteiger partial charge in [-0.2, -0.15) is 0 Å². The van der Waals surface area contributed by atoms with Crippen LogP contribution in [-0.2, 0) is 16.1 Å². The summed E-state index contributed by atoms with van der Waals surface area (Å²) in [6, 6.07) is 9.74. The molecule has 0 aromatic heterocycles. The average molecular weight is 383 g/mol. The van der Waals surface area contributed by atoms with Crippen LogP contribution in [0.3, 0.4) is 0 Å². The van der Waals surface area contributed by atoms with Crippen LogP contribution in [0.1, 0.15) is 5.56 Å². The summed E-state index contributed by atoms with van der Waals surface area (Å²) in [4.78, 5) is 23.9. The summed E-state index contributed by atoms with van der Waals surface area (Å²) >= 11 is 11.7.